The van der Waals surface area contributed by atoms with Crippen molar-refractivity contribution < 1.29 is 9.90 Å². The van der Waals surface area contributed by atoms with Crippen LogP contribution in [0.15, 0.2) is 48.5 Å². The van der Waals surface area contributed by atoms with E-state index >= 15 is 0 Å². The summed E-state index contributed by atoms with van der Waals surface area (Å²) in [5.74, 6) is -0.993. The van der Waals surface area contributed by atoms with Gasteiger partial charge in [-0.1, -0.05) is 48.0 Å². The van der Waals surface area contributed by atoms with E-state index in [0.717, 1.165) is 16.8 Å². The van der Waals surface area contributed by atoms with Crippen molar-refractivity contribution >= 4 is 17.6 Å². The van der Waals surface area contributed by atoms with E-state index < -0.39 is 5.97 Å². The molecule has 0 aliphatic heterocycles. The van der Waals surface area contributed by atoms with E-state index in [4.69, 9.17) is 11.6 Å². The smallest absolute Gasteiger partial charge is 0.339 e. The summed E-state index contributed by atoms with van der Waals surface area (Å²) in [6, 6.07) is 14.9. The van der Waals surface area contributed by atoms with Crippen LogP contribution in [0.1, 0.15) is 21.6 Å². The first-order valence-corrected chi connectivity index (χ1v) is 7.51. The maximum Gasteiger partial charge on any atom is 0.339 e. The molecule has 2 aromatic carbocycles. The second kappa shape index (κ2) is 5.89. The van der Waals surface area contributed by atoms with Crippen LogP contribution in [0.5, 0.6) is 0 Å². The van der Waals surface area contributed by atoms with Gasteiger partial charge < -0.3 is 5.11 Å². The molecule has 0 aliphatic rings. The number of hydrogen-bond donors (Lipinski definition) is 1. The number of aryl methyl sites for hydroxylation is 2. The second-order valence-electron chi connectivity index (χ2n) is 5.32. The van der Waals surface area contributed by atoms with Crippen LogP contribution in [0, 0.1) is 13.8 Å². The Labute approximate surface area is 139 Å². The molecule has 0 amide bonds. The maximum atomic E-state index is 11.7. The third kappa shape index (κ3) is 2.73. The van der Waals surface area contributed by atoms with Crippen molar-refractivity contribution in [1.82, 2.24) is 9.78 Å². The second-order valence-corrected chi connectivity index (χ2v) is 5.76. The maximum absolute atomic E-state index is 11.7. The lowest BCUT2D eigenvalue weighted by molar-refractivity contribution is 0.0697. The fourth-order valence-corrected chi connectivity index (χ4v) is 2.80. The zero-order valence-electron chi connectivity index (χ0n) is 12.7. The summed E-state index contributed by atoms with van der Waals surface area (Å²) in [7, 11) is 0. The molecular weight excluding hydrogens is 312 g/mol. The molecule has 0 unspecified atom stereocenters. The molecule has 1 heterocycles. The van der Waals surface area contributed by atoms with E-state index in [9.17, 15) is 9.90 Å². The Morgan fingerprint density at radius 1 is 1.13 bits per heavy atom. The summed E-state index contributed by atoms with van der Waals surface area (Å²) in [5.41, 5.74) is 3.76. The van der Waals surface area contributed by atoms with Crippen LogP contribution in [0.25, 0.3) is 16.9 Å². The first-order chi connectivity index (χ1) is 11.0. The lowest BCUT2D eigenvalue weighted by Crippen LogP contribution is -2.04. The topological polar surface area (TPSA) is 55.1 Å². The predicted molar refractivity (Wildman–Crippen MR) is 90.4 cm³/mol. The van der Waals surface area contributed by atoms with Gasteiger partial charge >= 0.3 is 5.97 Å². The molecule has 0 atom stereocenters. The summed E-state index contributed by atoms with van der Waals surface area (Å²) in [6.07, 6.45) is 0. The molecule has 0 saturated heterocycles. The third-order valence-electron chi connectivity index (χ3n) is 3.72. The Hall–Kier alpha value is -2.59. The highest BCUT2D eigenvalue weighted by Crippen LogP contribution is 2.31. The number of carbonyl (C=O) groups is 1. The Morgan fingerprint density at radius 2 is 1.83 bits per heavy atom. The normalized spacial score (nSPS) is 10.7. The van der Waals surface area contributed by atoms with Gasteiger partial charge in [0, 0.05) is 10.6 Å². The van der Waals surface area contributed by atoms with Crippen molar-refractivity contribution in [2.75, 3.05) is 0 Å². The Balaban J connectivity index is 2.36. The van der Waals surface area contributed by atoms with Gasteiger partial charge in [0.25, 0.3) is 0 Å². The molecule has 0 radical (unpaired) electrons. The molecule has 0 fully saturated rings. The van der Waals surface area contributed by atoms with Gasteiger partial charge in [-0.2, -0.15) is 5.10 Å². The largest absolute Gasteiger partial charge is 0.478 e. The highest BCUT2D eigenvalue weighted by molar-refractivity contribution is 6.30. The molecule has 0 spiro atoms. The zero-order valence-corrected chi connectivity index (χ0v) is 13.5. The number of hydrogen-bond acceptors (Lipinski definition) is 2. The van der Waals surface area contributed by atoms with Crippen LogP contribution >= 0.6 is 11.6 Å². The molecule has 0 aliphatic carbocycles. The first kappa shape index (κ1) is 15.3. The number of nitrogens with zero attached hydrogens (tertiary/aromatic N) is 2. The van der Waals surface area contributed by atoms with Crippen molar-refractivity contribution in [3.8, 4) is 16.9 Å². The van der Waals surface area contributed by atoms with Crippen molar-refractivity contribution in [1.29, 1.82) is 0 Å². The van der Waals surface area contributed by atoms with E-state index in [0.29, 0.717) is 16.4 Å². The van der Waals surface area contributed by atoms with Gasteiger partial charge in [-0.25, -0.2) is 9.48 Å². The number of aromatic carboxylic acids is 1. The highest BCUT2D eigenvalue weighted by Gasteiger charge is 2.23. The lowest BCUT2D eigenvalue weighted by Gasteiger charge is -2.11. The predicted octanol–water partition coefficient (Wildman–Crippen LogP) is 4.51. The molecule has 3 rings (SSSR count). The first-order valence-electron chi connectivity index (χ1n) is 7.14. The minimum atomic E-state index is -0.993. The van der Waals surface area contributed by atoms with Crippen LogP contribution in [-0.2, 0) is 0 Å². The van der Waals surface area contributed by atoms with Gasteiger partial charge in [0.2, 0.25) is 0 Å². The van der Waals surface area contributed by atoms with Crippen LogP contribution in [-0.4, -0.2) is 20.9 Å². The van der Waals surface area contributed by atoms with Crippen molar-refractivity contribution in [2.45, 2.75) is 13.8 Å². The highest BCUT2D eigenvalue weighted by atomic mass is 35.5. The summed E-state index contributed by atoms with van der Waals surface area (Å²) in [4.78, 5) is 11.7. The number of benzene rings is 2. The van der Waals surface area contributed by atoms with Gasteiger partial charge in [0.05, 0.1) is 17.1 Å². The molecule has 4 nitrogen and oxygen atoms in total. The SMILES string of the molecule is Cc1ccc(Cl)cc1-n1nc(C)c(C(=O)O)c1-c1ccccc1. The molecule has 3 aromatic rings. The molecule has 0 bridgehead atoms. The number of rotatable bonds is 3. The Morgan fingerprint density at radius 3 is 2.48 bits per heavy atom. The fourth-order valence-electron chi connectivity index (χ4n) is 2.63. The minimum absolute atomic E-state index is 0.204. The van der Waals surface area contributed by atoms with Gasteiger partial charge in [0.15, 0.2) is 0 Å². The molecule has 0 saturated carbocycles. The molecule has 23 heavy (non-hydrogen) atoms. The third-order valence-corrected chi connectivity index (χ3v) is 3.96. The lowest BCUT2D eigenvalue weighted by atomic mass is 10.1. The van der Waals surface area contributed by atoms with Gasteiger partial charge in [-0.3, -0.25) is 0 Å². The molecule has 5 heteroatoms. The quantitative estimate of drug-likeness (QED) is 0.770. The number of carboxylic acids is 1. The van der Waals surface area contributed by atoms with Crippen LogP contribution in [0.2, 0.25) is 5.02 Å². The number of aromatic nitrogens is 2. The average Bonchev–Trinajstić information content (AvgIpc) is 2.88. The van der Waals surface area contributed by atoms with Crippen molar-refractivity contribution in [3.05, 3.63) is 70.4 Å². The molecule has 1 N–H and O–H groups in total. The average molecular weight is 327 g/mol. The van der Waals surface area contributed by atoms with E-state index in [1.807, 2.05) is 43.3 Å². The van der Waals surface area contributed by atoms with E-state index in [1.165, 1.54) is 0 Å². The summed E-state index contributed by atoms with van der Waals surface area (Å²) in [5, 5.41) is 14.6. The van der Waals surface area contributed by atoms with Crippen molar-refractivity contribution in [2.24, 2.45) is 0 Å². The monoisotopic (exact) mass is 326 g/mol. The zero-order chi connectivity index (χ0) is 16.6. The molecular formula is C18H15ClN2O2. The van der Waals surface area contributed by atoms with Crippen LogP contribution in [0.4, 0.5) is 0 Å². The van der Waals surface area contributed by atoms with Gasteiger partial charge in [-0.05, 0) is 31.5 Å². The number of halogens is 1. The summed E-state index contributed by atoms with van der Waals surface area (Å²) < 4.78 is 1.66. The van der Waals surface area contributed by atoms with Crippen LogP contribution in [0.3, 0.4) is 0 Å². The Bertz CT molecular complexity index is 886. The fraction of sp³-hybridized carbons (Fsp3) is 0.111. The Kier molecular flexibility index (Phi) is 3.92. The van der Waals surface area contributed by atoms with E-state index in [1.54, 1.807) is 23.7 Å². The number of carboxylic acid groups (broad SMARTS) is 1. The van der Waals surface area contributed by atoms with Gasteiger partial charge in [0.1, 0.15) is 5.56 Å². The summed E-state index contributed by atoms with van der Waals surface area (Å²) >= 11 is 6.12. The molecule has 1 aromatic heterocycles. The minimum Gasteiger partial charge on any atom is -0.478 e. The van der Waals surface area contributed by atoms with E-state index in [-0.39, 0.29) is 5.56 Å². The van der Waals surface area contributed by atoms with Gasteiger partial charge in [-0.15, -0.1) is 0 Å². The standard InChI is InChI=1S/C18H15ClN2O2/c1-11-8-9-14(19)10-15(11)21-17(13-6-4-3-5-7-13)16(18(22)23)12(2)20-21/h3-10H,1-2H3,(H,22,23). The molecule has 116 valence electrons. The summed E-state index contributed by atoms with van der Waals surface area (Å²) in [6.45, 7) is 3.64. The van der Waals surface area contributed by atoms with Crippen molar-refractivity contribution in [3.63, 3.8) is 0 Å². The van der Waals surface area contributed by atoms with E-state index in [2.05, 4.69) is 5.10 Å². The van der Waals surface area contributed by atoms with Crippen LogP contribution < -0.4 is 0 Å².